The minimum absolute atomic E-state index is 0.0582. The second-order valence-corrected chi connectivity index (χ2v) is 10.0. The number of aromatic nitrogens is 3. The number of halogens is 4. The van der Waals surface area contributed by atoms with Crippen molar-refractivity contribution in [2.45, 2.75) is 81.7 Å². The molecule has 0 radical (unpaired) electrons. The summed E-state index contributed by atoms with van der Waals surface area (Å²) in [5.74, 6) is -6.03. The van der Waals surface area contributed by atoms with E-state index in [0.717, 1.165) is 12.8 Å². The van der Waals surface area contributed by atoms with Crippen LogP contribution in [0.15, 0.2) is 18.5 Å². The molecule has 0 aromatic carbocycles. The molecule has 6 nitrogen and oxygen atoms in total. The number of imidazole rings is 1. The standard InChI is InChI=1S/C23H29F4N5O/c24-22(25)7-3-13(4-8-22)19(28)17-12-32-10-6-16(29-21(32)30-17)20(14-1-2-14)31-18(33)11-15-5-9-23(15,26)27/h6,10,12-15,19-20H,1-5,7-9,11,28H2,(H,31,33)/t15?,19-,20+/m0/s1. The van der Waals surface area contributed by atoms with Crippen LogP contribution in [-0.2, 0) is 4.79 Å². The number of hydrogen-bond donors (Lipinski definition) is 2. The van der Waals surface area contributed by atoms with Gasteiger partial charge in [-0.2, -0.15) is 0 Å². The van der Waals surface area contributed by atoms with Crippen LogP contribution in [0.5, 0.6) is 0 Å². The Morgan fingerprint density at radius 1 is 1.06 bits per heavy atom. The highest BCUT2D eigenvalue weighted by Crippen LogP contribution is 2.46. The topological polar surface area (TPSA) is 85.3 Å². The van der Waals surface area contributed by atoms with E-state index < -0.39 is 23.8 Å². The Morgan fingerprint density at radius 2 is 1.76 bits per heavy atom. The molecule has 3 saturated carbocycles. The van der Waals surface area contributed by atoms with Gasteiger partial charge in [0, 0.05) is 44.0 Å². The molecule has 0 spiro atoms. The van der Waals surface area contributed by atoms with Gasteiger partial charge in [0.25, 0.3) is 5.92 Å². The molecular weight excluding hydrogens is 438 g/mol. The van der Waals surface area contributed by atoms with Crippen molar-refractivity contribution in [1.29, 1.82) is 0 Å². The number of carbonyl (C=O) groups is 1. The quantitative estimate of drug-likeness (QED) is 0.585. The summed E-state index contributed by atoms with van der Waals surface area (Å²) in [6.07, 6.45) is 5.88. The highest BCUT2D eigenvalue weighted by Gasteiger charge is 2.49. The van der Waals surface area contributed by atoms with Gasteiger partial charge in [-0.25, -0.2) is 27.5 Å². The van der Waals surface area contributed by atoms with E-state index in [1.165, 1.54) is 0 Å². The summed E-state index contributed by atoms with van der Waals surface area (Å²) in [4.78, 5) is 21.6. The van der Waals surface area contributed by atoms with Crippen LogP contribution in [0.1, 0.15) is 81.3 Å². The summed E-state index contributed by atoms with van der Waals surface area (Å²) in [6, 6.07) is 1.01. The van der Waals surface area contributed by atoms with Crippen LogP contribution in [-0.4, -0.2) is 32.1 Å². The SMILES string of the molecule is N[C@H](c1cn2ccc([C@H](NC(=O)CC3CCC3(F)F)C3CC3)nc2n1)C1CCC(F)(F)CC1. The van der Waals surface area contributed by atoms with Gasteiger partial charge in [0.2, 0.25) is 17.6 Å². The van der Waals surface area contributed by atoms with Crippen LogP contribution in [0, 0.1) is 17.8 Å². The van der Waals surface area contributed by atoms with Crippen molar-refractivity contribution >= 4 is 11.7 Å². The molecule has 0 saturated heterocycles. The van der Waals surface area contributed by atoms with Gasteiger partial charge in [0.05, 0.1) is 23.5 Å². The number of nitrogens with one attached hydrogen (secondary N) is 1. The molecule has 0 bridgehead atoms. The maximum atomic E-state index is 13.6. The Bertz CT molecular complexity index is 1030. The predicted octanol–water partition coefficient (Wildman–Crippen LogP) is 4.56. The number of amides is 1. The van der Waals surface area contributed by atoms with Crippen LogP contribution >= 0.6 is 0 Å². The van der Waals surface area contributed by atoms with Gasteiger partial charge in [0.15, 0.2) is 0 Å². The lowest BCUT2D eigenvalue weighted by Crippen LogP contribution is -2.42. The molecule has 180 valence electrons. The monoisotopic (exact) mass is 467 g/mol. The number of alkyl halides is 4. The molecule has 0 aliphatic heterocycles. The zero-order valence-electron chi connectivity index (χ0n) is 18.3. The Hall–Kier alpha value is -2.23. The summed E-state index contributed by atoms with van der Waals surface area (Å²) in [5, 5.41) is 2.92. The Labute approximate surface area is 189 Å². The van der Waals surface area contributed by atoms with Crippen LogP contribution in [0.3, 0.4) is 0 Å². The van der Waals surface area contributed by atoms with Crippen molar-refractivity contribution in [2.75, 3.05) is 0 Å². The van der Waals surface area contributed by atoms with E-state index in [9.17, 15) is 22.4 Å². The van der Waals surface area contributed by atoms with E-state index in [4.69, 9.17) is 5.73 Å². The lowest BCUT2D eigenvalue weighted by atomic mass is 9.78. The van der Waals surface area contributed by atoms with E-state index in [2.05, 4.69) is 15.3 Å². The molecule has 3 N–H and O–H groups in total. The molecule has 3 fully saturated rings. The maximum Gasteiger partial charge on any atom is 0.251 e. The zero-order chi connectivity index (χ0) is 23.4. The Kier molecular flexibility index (Phi) is 5.61. The second-order valence-electron chi connectivity index (χ2n) is 10.0. The zero-order valence-corrected chi connectivity index (χ0v) is 18.3. The van der Waals surface area contributed by atoms with Crippen molar-refractivity contribution in [1.82, 2.24) is 19.7 Å². The van der Waals surface area contributed by atoms with Crippen LogP contribution in [0.2, 0.25) is 0 Å². The van der Waals surface area contributed by atoms with Gasteiger partial charge in [-0.3, -0.25) is 9.20 Å². The van der Waals surface area contributed by atoms with E-state index in [1.807, 2.05) is 0 Å². The second kappa shape index (κ2) is 8.21. The first-order chi connectivity index (χ1) is 15.6. The minimum atomic E-state index is -2.75. The van der Waals surface area contributed by atoms with Gasteiger partial charge >= 0.3 is 0 Å². The molecule has 33 heavy (non-hydrogen) atoms. The number of carbonyl (C=O) groups excluding carboxylic acids is 1. The fraction of sp³-hybridized carbons (Fsp3) is 0.696. The van der Waals surface area contributed by atoms with Crippen molar-refractivity contribution in [3.63, 3.8) is 0 Å². The molecule has 2 aromatic heterocycles. The first-order valence-electron chi connectivity index (χ1n) is 11.8. The molecule has 3 aliphatic rings. The van der Waals surface area contributed by atoms with E-state index in [1.54, 1.807) is 22.9 Å². The third-order valence-electron chi connectivity index (χ3n) is 7.56. The van der Waals surface area contributed by atoms with E-state index in [0.29, 0.717) is 36.4 Å². The summed E-state index contributed by atoms with van der Waals surface area (Å²) in [6.45, 7) is 0. The molecule has 2 aromatic rings. The Balaban J connectivity index is 1.29. The number of nitrogens with two attached hydrogens (primary N) is 1. The molecule has 5 rings (SSSR count). The molecule has 1 unspecified atom stereocenters. The van der Waals surface area contributed by atoms with Crippen molar-refractivity contribution in [3.8, 4) is 0 Å². The smallest absolute Gasteiger partial charge is 0.251 e. The van der Waals surface area contributed by atoms with Crippen LogP contribution in [0.25, 0.3) is 5.78 Å². The van der Waals surface area contributed by atoms with E-state index >= 15 is 0 Å². The van der Waals surface area contributed by atoms with Gasteiger partial charge in [-0.15, -0.1) is 0 Å². The maximum absolute atomic E-state index is 13.6. The average Bonchev–Trinajstić information content (AvgIpc) is 3.52. The highest BCUT2D eigenvalue weighted by atomic mass is 19.3. The molecule has 3 aliphatic carbocycles. The predicted molar refractivity (Wildman–Crippen MR) is 113 cm³/mol. The molecular formula is C23H29F4N5O. The lowest BCUT2D eigenvalue weighted by Gasteiger charge is -2.36. The number of rotatable bonds is 7. The third kappa shape index (κ3) is 4.72. The number of fused-ring (bicyclic) bond motifs is 1. The third-order valence-corrected chi connectivity index (χ3v) is 7.56. The van der Waals surface area contributed by atoms with Gasteiger partial charge in [0.1, 0.15) is 0 Å². The van der Waals surface area contributed by atoms with Crippen molar-refractivity contribution in [3.05, 3.63) is 29.8 Å². The van der Waals surface area contributed by atoms with Gasteiger partial charge in [-0.1, -0.05) is 0 Å². The van der Waals surface area contributed by atoms with Crippen molar-refractivity contribution in [2.24, 2.45) is 23.5 Å². The lowest BCUT2D eigenvalue weighted by molar-refractivity contribution is -0.148. The van der Waals surface area contributed by atoms with Crippen LogP contribution in [0.4, 0.5) is 17.6 Å². The first kappa shape index (κ1) is 22.6. The first-order valence-corrected chi connectivity index (χ1v) is 11.8. The van der Waals surface area contributed by atoms with E-state index in [-0.39, 0.29) is 49.5 Å². The normalized spacial score (nSPS) is 26.5. The van der Waals surface area contributed by atoms with Gasteiger partial charge in [-0.05, 0) is 50.0 Å². The molecule has 10 heteroatoms. The fourth-order valence-electron chi connectivity index (χ4n) is 5.04. The summed E-state index contributed by atoms with van der Waals surface area (Å²) in [7, 11) is 0. The molecule has 1 amide bonds. The summed E-state index contributed by atoms with van der Waals surface area (Å²) >= 11 is 0. The van der Waals surface area contributed by atoms with Gasteiger partial charge < -0.3 is 11.1 Å². The number of nitrogens with zero attached hydrogens (tertiary/aromatic N) is 3. The highest BCUT2D eigenvalue weighted by molar-refractivity contribution is 5.77. The molecule has 2 heterocycles. The van der Waals surface area contributed by atoms with Crippen molar-refractivity contribution < 1.29 is 22.4 Å². The summed E-state index contributed by atoms with van der Waals surface area (Å²) in [5.41, 5.74) is 7.61. The number of hydrogen-bond acceptors (Lipinski definition) is 4. The minimum Gasteiger partial charge on any atom is -0.347 e. The Morgan fingerprint density at radius 3 is 2.36 bits per heavy atom. The summed E-state index contributed by atoms with van der Waals surface area (Å²) < 4.78 is 55.8. The fourth-order valence-corrected chi connectivity index (χ4v) is 5.04. The average molecular weight is 468 g/mol. The van der Waals surface area contributed by atoms with Crippen LogP contribution < -0.4 is 11.1 Å². The largest absolute Gasteiger partial charge is 0.347 e. The molecule has 3 atom stereocenters.